The first kappa shape index (κ1) is 53.7. The maximum atomic E-state index is 14.6. The van der Waals surface area contributed by atoms with Gasteiger partial charge in [0.2, 0.25) is 17.7 Å². The number of Topliss-reactive ketones (excluding diaryl/α,β-unsaturated/α-hetero) is 1. The van der Waals surface area contributed by atoms with Crippen LogP contribution in [-0.2, 0) is 57.6 Å². The van der Waals surface area contributed by atoms with Gasteiger partial charge in [-0.05, 0) is 67.7 Å². The highest BCUT2D eigenvalue weighted by Gasteiger charge is 2.50. The van der Waals surface area contributed by atoms with E-state index in [-0.39, 0.29) is 78.5 Å². The van der Waals surface area contributed by atoms with Gasteiger partial charge in [-0.15, -0.1) is 0 Å². The summed E-state index contributed by atoms with van der Waals surface area (Å²) in [4.78, 5) is 82.9. The van der Waals surface area contributed by atoms with E-state index in [1.807, 2.05) is 88.4 Å². The van der Waals surface area contributed by atoms with Gasteiger partial charge in [-0.2, -0.15) is 0 Å². The smallest absolute Gasteiger partial charge is 0.308 e. The maximum absolute atomic E-state index is 14.6. The van der Waals surface area contributed by atoms with E-state index in [4.69, 9.17) is 30.4 Å². The number of ether oxygens (including phenoxy) is 4. The molecule has 2 saturated heterocycles. The summed E-state index contributed by atoms with van der Waals surface area (Å²) in [6.07, 6.45) is 2.64. The molecule has 2 aliphatic heterocycles. The Kier molecular flexibility index (Phi) is 19.7. The van der Waals surface area contributed by atoms with Crippen LogP contribution < -0.4 is 42.2 Å². The van der Waals surface area contributed by atoms with E-state index in [9.17, 15) is 28.8 Å². The zero-order valence-corrected chi connectivity index (χ0v) is 40.9. The number of rotatable bonds is 26. The van der Waals surface area contributed by atoms with Crippen molar-refractivity contribution in [1.29, 1.82) is 0 Å². The fourth-order valence-corrected chi connectivity index (χ4v) is 8.37. The number of benzene rings is 3. The average Bonchev–Trinajstić information content (AvgIpc) is 4.07. The first-order valence-corrected chi connectivity index (χ1v) is 23.9. The molecule has 2 aliphatic rings. The van der Waals surface area contributed by atoms with Crippen LogP contribution in [0.3, 0.4) is 0 Å². The van der Waals surface area contributed by atoms with Gasteiger partial charge in [0.15, 0.2) is 12.3 Å². The molecule has 8 N–H and O–H groups in total. The number of nitrogens with one attached hydrogen (secondary N) is 4. The molecule has 3 aromatic rings. The summed E-state index contributed by atoms with van der Waals surface area (Å²) in [6.45, 7) is 13.0. The molecule has 0 bridgehead atoms. The van der Waals surface area contributed by atoms with Crippen molar-refractivity contribution in [2.24, 2.45) is 23.3 Å². The summed E-state index contributed by atoms with van der Waals surface area (Å²) >= 11 is 0. The standard InChI is InChI=1S/C52H71N7O10/c1-34(2)25-43(48(62)52(6)33-68-52)56-51(65)45(27-38-15-11-8-12-16-38)58-50(64)44(26-35(3)4)57-49(63)42(20-17-37-13-9-7-10-14-37)55-47(61)31-59(21-23-66-24-22-59)30-39-18-19-41(69-36(5)60)28-46(39)67-32-40(54)29-53/h7-16,18-19,28-29,34-35,42-45H,17,20-27,30-33,53-54H2,1-6H3,(H3-,55,56,57,58,61,63,64,65)/p+1/b40-29-/t42-,43-,44-,45-,52+/m0/s1. The highest BCUT2D eigenvalue weighted by molar-refractivity contribution is 5.99. The largest absolute Gasteiger partial charge is 0.487 e. The van der Waals surface area contributed by atoms with Crippen molar-refractivity contribution < 1.29 is 52.2 Å². The number of nitrogens with two attached hydrogens (primary N) is 2. The molecule has 5 rings (SSSR count). The number of morpholine rings is 1. The van der Waals surface area contributed by atoms with Crippen LogP contribution in [0, 0.1) is 11.8 Å². The lowest BCUT2D eigenvalue weighted by atomic mass is 9.93. The second-order valence-electron chi connectivity index (χ2n) is 19.3. The summed E-state index contributed by atoms with van der Waals surface area (Å²) in [5.41, 5.74) is 13.3. The minimum Gasteiger partial charge on any atom is -0.487 e. The molecule has 0 radical (unpaired) electrons. The molecule has 3 aromatic carbocycles. The Morgan fingerprint density at radius 1 is 0.768 bits per heavy atom. The van der Waals surface area contributed by atoms with Gasteiger partial charge in [-0.3, -0.25) is 28.8 Å². The number of aryl methyl sites for hydroxylation is 1. The van der Waals surface area contributed by atoms with E-state index in [0.29, 0.717) is 51.4 Å². The predicted molar refractivity (Wildman–Crippen MR) is 260 cm³/mol. The number of hydrogen-bond acceptors (Lipinski definition) is 12. The first-order chi connectivity index (χ1) is 32.9. The van der Waals surface area contributed by atoms with Gasteiger partial charge in [0.25, 0.3) is 5.91 Å². The van der Waals surface area contributed by atoms with Crippen molar-refractivity contribution >= 4 is 35.4 Å². The Morgan fingerprint density at radius 3 is 1.93 bits per heavy atom. The predicted octanol–water partition coefficient (Wildman–Crippen LogP) is 3.36. The lowest BCUT2D eigenvalue weighted by Crippen LogP contribution is -2.61. The van der Waals surface area contributed by atoms with E-state index < -0.39 is 53.5 Å². The summed E-state index contributed by atoms with van der Waals surface area (Å²) in [5.74, 6) is -2.09. The number of nitrogens with zero attached hydrogens (tertiary/aromatic N) is 1. The molecule has 2 fully saturated rings. The van der Waals surface area contributed by atoms with E-state index >= 15 is 0 Å². The third-order valence-corrected chi connectivity index (χ3v) is 12.2. The van der Waals surface area contributed by atoms with Gasteiger partial charge in [0.05, 0.1) is 31.6 Å². The van der Waals surface area contributed by atoms with E-state index in [1.54, 1.807) is 25.1 Å². The van der Waals surface area contributed by atoms with Crippen LogP contribution in [0.2, 0.25) is 0 Å². The van der Waals surface area contributed by atoms with Crippen LogP contribution in [-0.4, -0.2) is 116 Å². The molecule has 2 heterocycles. The van der Waals surface area contributed by atoms with E-state index in [0.717, 1.165) is 16.7 Å². The third kappa shape index (κ3) is 17.0. The lowest BCUT2D eigenvalue weighted by molar-refractivity contribution is -0.940. The fraction of sp³-hybridized carbons (Fsp3) is 0.500. The van der Waals surface area contributed by atoms with Crippen LogP contribution in [0.4, 0.5) is 0 Å². The molecule has 0 aromatic heterocycles. The number of amides is 4. The highest BCUT2D eigenvalue weighted by Crippen LogP contribution is 2.31. The Bertz CT molecular complexity index is 2240. The van der Waals surface area contributed by atoms with Gasteiger partial charge in [0.1, 0.15) is 61.5 Å². The number of quaternary nitrogens is 1. The first-order valence-electron chi connectivity index (χ1n) is 23.9. The van der Waals surface area contributed by atoms with Crippen molar-refractivity contribution in [3.05, 3.63) is 107 Å². The quantitative estimate of drug-likeness (QED) is 0.0294. The minimum atomic E-state index is -1.10. The Balaban J connectivity index is 1.38. The summed E-state index contributed by atoms with van der Waals surface area (Å²) in [7, 11) is 0. The van der Waals surface area contributed by atoms with Crippen LogP contribution in [0.15, 0.2) is 90.8 Å². The molecule has 5 atom stereocenters. The zero-order valence-electron chi connectivity index (χ0n) is 40.9. The van der Waals surface area contributed by atoms with Crippen molar-refractivity contribution in [2.45, 2.75) is 110 Å². The van der Waals surface area contributed by atoms with E-state index in [2.05, 4.69) is 21.3 Å². The van der Waals surface area contributed by atoms with Crippen LogP contribution in [0.5, 0.6) is 11.5 Å². The van der Waals surface area contributed by atoms with E-state index in [1.165, 1.54) is 13.1 Å². The molecular formula is C52H72N7O10+. The molecule has 0 unspecified atom stereocenters. The molecule has 0 spiro atoms. The topological polar surface area (TPSA) is 243 Å². The average molecular weight is 955 g/mol. The van der Waals surface area contributed by atoms with Crippen LogP contribution in [0.1, 0.15) is 77.5 Å². The van der Waals surface area contributed by atoms with Gasteiger partial charge in [-0.1, -0.05) is 88.4 Å². The van der Waals surface area contributed by atoms with Crippen molar-refractivity contribution in [2.75, 3.05) is 46.1 Å². The Labute approximate surface area is 406 Å². The molecule has 4 amide bonds. The maximum Gasteiger partial charge on any atom is 0.308 e. The number of esters is 1. The number of carbonyl (C=O) groups is 6. The third-order valence-electron chi connectivity index (χ3n) is 12.2. The number of carbonyl (C=O) groups excluding carboxylic acids is 6. The summed E-state index contributed by atoms with van der Waals surface area (Å²) in [5, 5.41) is 11.8. The molecule has 0 aliphatic carbocycles. The number of hydrogen-bond donors (Lipinski definition) is 6. The van der Waals surface area contributed by atoms with Crippen molar-refractivity contribution in [3.8, 4) is 11.5 Å². The fourth-order valence-electron chi connectivity index (χ4n) is 8.37. The van der Waals surface area contributed by atoms with Crippen molar-refractivity contribution in [3.63, 3.8) is 0 Å². The second-order valence-corrected chi connectivity index (χ2v) is 19.3. The van der Waals surface area contributed by atoms with Gasteiger partial charge >= 0.3 is 5.97 Å². The zero-order chi connectivity index (χ0) is 50.1. The number of ketones is 1. The molecule has 17 heteroatoms. The van der Waals surface area contributed by atoms with Gasteiger partial charge < -0.3 is 56.2 Å². The second kappa shape index (κ2) is 25.3. The summed E-state index contributed by atoms with van der Waals surface area (Å²) < 4.78 is 22.8. The van der Waals surface area contributed by atoms with Crippen LogP contribution >= 0.6 is 0 Å². The SMILES string of the molecule is CC(=O)Oc1ccc(C[N+]2(CC(=O)N[C@@H](CCc3ccccc3)C(=O)N[C@@H](CC(C)C)C(=O)N[C@@H](Cc3ccccc3)C(=O)N[C@@H](CC(C)C)C(=O)[C@@]3(C)CO3)CCOCC2)c(OC/C(N)=C/N)c1. The molecular weight excluding hydrogens is 883 g/mol. The normalized spacial score (nSPS) is 18.2. The summed E-state index contributed by atoms with van der Waals surface area (Å²) in [6, 6.07) is 19.8. The van der Waals surface area contributed by atoms with Crippen LogP contribution in [0.25, 0.3) is 0 Å². The van der Waals surface area contributed by atoms with Gasteiger partial charge in [-0.25, -0.2) is 0 Å². The van der Waals surface area contributed by atoms with Gasteiger partial charge in [0, 0.05) is 31.2 Å². The van der Waals surface area contributed by atoms with Crippen molar-refractivity contribution in [1.82, 2.24) is 21.3 Å². The Morgan fingerprint density at radius 2 is 1.33 bits per heavy atom. The number of epoxide rings is 1. The molecule has 0 saturated carbocycles. The monoisotopic (exact) mass is 955 g/mol. The minimum absolute atomic E-state index is 0.0216. The molecule has 69 heavy (non-hydrogen) atoms. The molecule has 17 nitrogen and oxygen atoms in total. The Hall–Kier alpha value is -6.30. The molecule has 374 valence electrons. The lowest BCUT2D eigenvalue weighted by Gasteiger charge is -2.41. The highest BCUT2D eigenvalue weighted by atomic mass is 16.6.